The van der Waals surface area contributed by atoms with Crippen molar-refractivity contribution in [2.75, 3.05) is 42.6 Å². The van der Waals surface area contributed by atoms with Gasteiger partial charge in [0.05, 0.1) is 13.2 Å². The monoisotopic (exact) mass is 365 g/mol. The molecule has 2 saturated heterocycles. The molecule has 3 aliphatic rings. The van der Waals surface area contributed by atoms with Gasteiger partial charge in [0.25, 0.3) is 5.56 Å². The van der Waals surface area contributed by atoms with Gasteiger partial charge in [0.1, 0.15) is 5.82 Å². The molecule has 1 N–H and O–H groups in total. The Morgan fingerprint density at radius 3 is 2.70 bits per heavy atom. The highest BCUT2D eigenvalue weighted by molar-refractivity contribution is 5.57. The maximum Gasteiger partial charge on any atom is 0.251 e. The number of aromatic nitrogens is 1. The number of morpholine rings is 1. The fourth-order valence-corrected chi connectivity index (χ4v) is 5.13. The van der Waals surface area contributed by atoms with Gasteiger partial charge in [-0.25, -0.2) is 0 Å². The maximum atomic E-state index is 12.4. The molecule has 2 aliphatic heterocycles. The molecule has 0 radical (unpaired) electrons. The van der Waals surface area contributed by atoms with Gasteiger partial charge in [0, 0.05) is 43.5 Å². The van der Waals surface area contributed by atoms with Crippen molar-refractivity contribution < 1.29 is 4.74 Å². The molecule has 0 unspecified atom stereocenters. The first-order chi connectivity index (χ1) is 13.2. The summed E-state index contributed by atoms with van der Waals surface area (Å²) in [6.45, 7) is 6.56. The lowest BCUT2D eigenvalue weighted by Crippen LogP contribution is -2.39. The van der Waals surface area contributed by atoms with E-state index in [2.05, 4.69) is 58.1 Å². The molecule has 5 heteroatoms. The van der Waals surface area contributed by atoms with Crippen LogP contribution in [0.2, 0.25) is 0 Å². The highest BCUT2D eigenvalue weighted by Crippen LogP contribution is 2.56. The van der Waals surface area contributed by atoms with Gasteiger partial charge in [-0.3, -0.25) is 4.79 Å². The van der Waals surface area contributed by atoms with E-state index in [1.165, 1.54) is 5.56 Å². The van der Waals surface area contributed by atoms with Crippen LogP contribution in [0.1, 0.15) is 12.5 Å². The average molecular weight is 365 g/mol. The molecule has 3 heterocycles. The molecule has 3 fully saturated rings. The Morgan fingerprint density at radius 2 is 1.93 bits per heavy atom. The maximum absolute atomic E-state index is 12.4. The molecule has 1 aromatic heterocycles. The minimum atomic E-state index is -0.0129. The summed E-state index contributed by atoms with van der Waals surface area (Å²) in [7, 11) is 0. The first-order valence-corrected chi connectivity index (χ1v) is 10.1. The molecule has 0 spiro atoms. The smallest absolute Gasteiger partial charge is 0.251 e. The van der Waals surface area contributed by atoms with Crippen molar-refractivity contribution >= 4 is 11.5 Å². The van der Waals surface area contributed by atoms with Gasteiger partial charge < -0.3 is 19.5 Å². The summed E-state index contributed by atoms with van der Waals surface area (Å²) in [6, 6.07) is 15.1. The van der Waals surface area contributed by atoms with E-state index < -0.39 is 0 Å². The minimum Gasteiger partial charge on any atom is -0.378 e. The van der Waals surface area contributed by atoms with Crippen LogP contribution in [0.3, 0.4) is 0 Å². The number of H-pyrrole nitrogens is 1. The van der Waals surface area contributed by atoms with E-state index in [1.807, 2.05) is 0 Å². The number of benzene rings is 1. The van der Waals surface area contributed by atoms with Gasteiger partial charge in [0.15, 0.2) is 0 Å². The molecule has 2 aromatic rings. The fourth-order valence-electron chi connectivity index (χ4n) is 5.13. The molecule has 5 rings (SSSR count). The average Bonchev–Trinajstić information content (AvgIpc) is 3.16. The first kappa shape index (κ1) is 16.9. The van der Waals surface area contributed by atoms with E-state index in [1.54, 1.807) is 6.07 Å². The van der Waals surface area contributed by atoms with Crippen molar-refractivity contribution in [2.45, 2.75) is 19.4 Å². The number of fused-ring (bicyclic) bond motifs is 1. The first-order valence-electron chi connectivity index (χ1n) is 10.1. The topological polar surface area (TPSA) is 48.6 Å². The lowest BCUT2D eigenvalue weighted by Gasteiger charge is -2.33. The number of anilines is 2. The lowest BCUT2D eigenvalue weighted by atomic mass is 10.0. The van der Waals surface area contributed by atoms with E-state index in [-0.39, 0.29) is 5.56 Å². The third-order valence-corrected chi connectivity index (χ3v) is 6.68. The minimum absolute atomic E-state index is 0.0129. The number of pyridine rings is 1. The van der Waals surface area contributed by atoms with Gasteiger partial charge in [-0.2, -0.15) is 0 Å². The Balaban J connectivity index is 1.44. The molecular weight excluding hydrogens is 338 g/mol. The van der Waals surface area contributed by atoms with Crippen LogP contribution >= 0.6 is 0 Å². The molecular formula is C22H27N3O2. The summed E-state index contributed by atoms with van der Waals surface area (Å²) in [5.74, 6) is 3.27. The quantitative estimate of drug-likeness (QED) is 0.905. The summed E-state index contributed by atoms with van der Waals surface area (Å²) >= 11 is 0. The predicted octanol–water partition coefficient (Wildman–Crippen LogP) is 2.52. The molecule has 0 amide bonds. The number of piperidine rings is 1. The summed E-state index contributed by atoms with van der Waals surface area (Å²) < 4.78 is 5.46. The Labute approximate surface area is 159 Å². The van der Waals surface area contributed by atoms with E-state index in [0.717, 1.165) is 68.5 Å². The number of ether oxygens (including phenoxy) is 1. The zero-order chi connectivity index (χ0) is 18.4. The summed E-state index contributed by atoms with van der Waals surface area (Å²) in [5, 5.41) is 0. The summed E-state index contributed by atoms with van der Waals surface area (Å²) in [6.07, 6.45) is 1.04. The SMILES string of the molecule is C[C@@H]1[C@@H]2CN(c3cc(N4CCOCC4)cc(=O)[nH]3)[C@H](Cc3ccccc3)[C@H]12. The van der Waals surface area contributed by atoms with Gasteiger partial charge in [-0.1, -0.05) is 37.3 Å². The Bertz CT molecular complexity index is 859. The van der Waals surface area contributed by atoms with Crippen LogP contribution in [0.4, 0.5) is 11.5 Å². The summed E-state index contributed by atoms with van der Waals surface area (Å²) in [4.78, 5) is 20.2. The van der Waals surface area contributed by atoms with Crippen LogP contribution in [-0.2, 0) is 11.2 Å². The van der Waals surface area contributed by atoms with E-state index >= 15 is 0 Å². The molecule has 1 aromatic carbocycles. The Kier molecular flexibility index (Phi) is 4.20. The van der Waals surface area contributed by atoms with Crippen LogP contribution in [0.5, 0.6) is 0 Å². The lowest BCUT2D eigenvalue weighted by molar-refractivity contribution is 0.122. The highest BCUT2D eigenvalue weighted by atomic mass is 16.5. The van der Waals surface area contributed by atoms with Gasteiger partial charge in [-0.05, 0) is 29.7 Å². The number of nitrogens with zero attached hydrogens (tertiary/aromatic N) is 2. The predicted molar refractivity (Wildman–Crippen MR) is 108 cm³/mol. The Hall–Kier alpha value is -2.27. The molecule has 0 bridgehead atoms. The van der Waals surface area contributed by atoms with Crippen LogP contribution in [0.15, 0.2) is 47.3 Å². The van der Waals surface area contributed by atoms with Crippen LogP contribution < -0.4 is 15.4 Å². The van der Waals surface area contributed by atoms with E-state index in [4.69, 9.17) is 4.74 Å². The number of rotatable bonds is 4. The van der Waals surface area contributed by atoms with Crippen molar-refractivity contribution in [3.63, 3.8) is 0 Å². The largest absolute Gasteiger partial charge is 0.378 e. The van der Waals surface area contributed by atoms with Gasteiger partial charge in [-0.15, -0.1) is 0 Å². The zero-order valence-corrected chi connectivity index (χ0v) is 15.8. The molecule has 4 atom stereocenters. The van der Waals surface area contributed by atoms with Gasteiger partial charge in [0.2, 0.25) is 0 Å². The second-order valence-corrected chi connectivity index (χ2v) is 8.20. The van der Waals surface area contributed by atoms with Crippen molar-refractivity contribution in [2.24, 2.45) is 17.8 Å². The van der Waals surface area contributed by atoms with Crippen molar-refractivity contribution in [3.8, 4) is 0 Å². The second-order valence-electron chi connectivity index (χ2n) is 8.20. The second kappa shape index (κ2) is 6.71. The van der Waals surface area contributed by atoms with Crippen LogP contribution in [0, 0.1) is 17.8 Å². The highest BCUT2D eigenvalue weighted by Gasteiger charge is 2.58. The molecule has 1 saturated carbocycles. The van der Waals surface area contributed by atoms with Crippen LogP contribution in [0.25, 0.3) is 0 Å². The standard InChI is InChI=1S/C22H27N3O2/c1-15-18-14-25(19(22(15)18)11-16-5-3-2-4-6-16)20-12-17(13-21(26)23-20)24-7-9-27-10-8-24/h2-6,12-13,15,18-19,22H,7-11,14H2,1H3,(H,23,26)/t15-,18+,19-,22-/m1/s1. The normalized spacial score (nSPS) is 29.7. The van der Waals surface area contributed by atoms with E-state index in [0.29, 0.717) is 6.04 Å². The molecule has 142 valence electrons. The molecule has 5 nitrogen and oxygen atoms in total. The van der Waals surface area contributed by atoms with Gasteiger partial charge >= 0.3 is 0 Å². The number of hydrogen-bond donors (Lipinski definition) is 1. The molecule has 1 aliphatic carbocycles. The Morgan fingerprint density at radius 1 is 1.15 bits per heavy atom. The van der Waals surface area contributed by atoms with Crippen molar-refractivity contribution in [1.82, 2.24) is 4.98 Å². The van der Waals surface area contributed by atoms with E-state index in [9.17, 15) is 4.79 Å². The third-order valence-electron chi connectivity index (χ3n) is 6.68. The number of hydrogen-bond acceptors (Lipinski definition) is 4. The number of aromatic amines is 1. The van der Waals surface area contributed by atoms with Crippen molar-refractivity contribution in [1.29, 1.82) is 0 Å². The van der Waals surface area contributed by atoms with Crippen LogP contribution in [-0.4, -0.2) is 43.9 Å². The van der Waals surface area contributed by atoms with Crippen molar-refractivity contribution in [3.05, 3.63) is 58.4 Å². The zero-order valence-electron chi connectivity index (χ0n) is 15.8. The molecule has 27 heavy (non-hydrogen) atoms. The fraction of sp³-hybridized carbons (Fsp3) is 0.500. The summed E-state index contributed by atoms with van der Waals surface area (Å²) in [5.41, 5.74) is 2.38. The number of nitrogens with one attached hydrogen (secondary N) is 1. The third kappa shape index (κ3) is 3.14.